The van der Waals surface area contributed by atoms with E-state index in [0.29, 0.717) is 5.95 Å². The Morgan fingerprint density at radius 1 is 1.53 bits per heavy atom. The summed E-state index contributed by atoms with van der Waals surface area (Å²) in [6.07, 6.45) is 2.80. The van der Waals surface area contributed by atoms with Gasteiger partial charge in [-0.1, -0.05) is 0 Å². The monoisotopic (exact) mass is 237 g/mol. The van der Waals surface area contributed by atoms with Crippen molar-refractivity contribution in [2.75, 3.05) is 25.2 Å². The molecule has 1 aliphatic heterocycles. The van der Waals surface area contributed by atoms with Gasteiger partial charge in [0.15, 0.2) is 0 Å². The first-order valence-corrected chi connectivity index (χ1v) is 5.86. The molecular weight excluding hydrogens is 218 g/mol. The lowest BCUT2D eigenvalue weighted by molar-refractivity contribution is 0.115. The van der Waals surface area contributed by atoms with E-state index in [1.165, 1.54) is 0 Å². The minimum Gasteiger partial charge on any atom is -0.394 e. The van der Waals surface area contributed by atoms with Crippen LogP contribution < -0.4 is 4.90 Å². The Kier molecular flexibility index (Phi) is 3.59. The highest BCUT2D eigenvalue weighted by atomic mass is 16.5. The molecule has 17 heavy (non-hydrogen) atoms. The van der Waals surface area contributed by atoms with Gasteiger partial charge >= 0.3 is 0 Å². The van der Waals surface area contributed by atoms with Crippen LogP contribution in [0, 0.1) is 13.8 Å². The highest BCUT2D eigenvalue weighted by Crippen LogP contribution is 2.24. The van der Waals surface area contributed by atoms with Gasteiger partial charge in [-0.15, -0.1) is 0 Å². The first kappa shape index (κ1) is 12.3. The second-order valence-electron chi connectivity index (χ2n) is 4.52. The molecule has 0 radical (unpaired) electrons. The van der Waals surface area contributed by atoms with Gasteiger partial charge in [-0.25, -0.2) is 9.97 Å². The van der Waals surface area contributed by atoms with E-state index >= 15 is 0 Å². The maximum absolute atomic E-state index is 9.38. The fraction of sp³-hybridized carbons (Fsp3) is 0.667. The number of hydrogen-bond acceptors (Lipinski definition) is 5. The molecule has 1 saturated heterocycles. The number of methoxy groups -OCH3 is 1. The third-order valence-electron chi connectivity index (χ3n) is 3.39. The van der Waals surface area contributed by atoms with Crippen molar-refractivity contribution in [3.8, 4) is 0 Å². The van der Waals surface area contributed by atoms with E-state index in [2.05, 4.69) is 9.97 Å². The second-order valence-corrected chi connectivity index (χ2v) is 4.52. The average molecular weight is 237 g/mol. The number of rotatable bonds is 3. The molecule has 1 aromatic heterocycles. The Morgan fingerprint density at radius 2 is 2.29 bits per heavy atom. The van der Waals surface area contributed by atoms with Crippen LogP contribution in [0.3, 0.4) is 0 Å². The van der Waals surface area contributed by atoms with E-state index in [9.17, 15) is 5.11 Å². The highest BCUT2D eigenvalue weighted by Gasteiger charge is 2.33. The Labute approximate surface area is 101 Å². The molecule has 1 aromatic rings. The molecule has 1 fully saturated rings. The van der Waals surface area contributed by atoms with Crippen molar-refractivity contribution in [1.82, 2.24) is 9.97 Å². The lowest BCUT2D eigenvalue weighted by atomic mass is 10.2. The molecule has 2 heterocycles. The number of hydrogen-bond donors (Lipinski definition) is 1. The molecule has 0 unspecified atom stereocenters. The molecule has 2 rings (SSSR count). The number of aliphatic hydroxyl groups excluding tert-OH is 1. The molecule has 94 valence electrons. The van der Waals surface area contributed by atoms with Crippen molar-refractivity contribution < 1.29 is 9.84 Å². The summed E-state index contributed by atoms with van der Waals surface area (Å²) in [7, 11) is 1.70. The van der Waals surface area contributed by atoms with E-state index < -0.39 is 0 Å². The van der Waals surface area contributed by atoms with Gasteiger partial charge in [-0.3, -0.25) is 0 Å². The average Bonchev–Trinajstić information content (AvgIpc) is 2.76. The molecule has 5 heteroatoms. The molecule has 0 amide bonds. The van der Waals surface area contributed by atoms with Crippen molar-refractivity contribution in [3.63, 3.8) is 0 Å². The summed E-state index contributed by atoms with van der Waals surface area (Å²) in [5.41, 5.74) is 2.06. The maximum Gasteiger partial charge on any atom is 0.225 e. The normalized spacial score (nSPS) is 24.4. The quantitative estimate of drug-likeness (QED) is 0.837. The number of aliphatic hydroxyl groups is 1. The summed E-state index contributed by atoms with van der Waals surface area (Å²) in [6, 6.07) is 0.0575. The smallest absolute Gasteiger partial charge is 0.225 e. The summed E-state index contributed by atoms with van der Waals surface area (Å²) >= 11 is 0. The molecule has 1 N–H and O–H groups in total. The first-order chi connectivity index (χ1) is 8.15. The van der Waals surface area contributed by atoms with Gasteiger partial charge < -0.3 is 14.7 Å². The van der Waals surface area contributed by atoms with Crippen molar-refractivity contribution in [2.24, 2.45) is 0 Å². The topological polar surface area (TPSA) is 58.5 Å². The number of nitrogens with zero attached hydrogens (tertiary/aromatic N) is 3. The van der Waals surface area contributed by atoms with Crippen LogP contribution in [-0.4, -0.2) is 47.5 Å². The zero-order valence-corrected chi connectivity index (χ0v) is 10.6. The Balaban J connectivity index is 2.23. The van der Waals surface area contributed by atoms with E-state index in [-0.39, 0.29) is 18.8 Å². The van der Waals surface area contributed by atoms with Crippen molar-refractivity contribution >= 4 is 5.95 Å². The maximum atomic E-state index is 9.38. The van der Waals surface area contributed by atoms with Crippen LogP contribution in [0.4, 0.5) is 5.95 Å². The van der Waals surface area contributed by atoms with Gasteiger partial charge in [0.25, 0.3) is 0 Å². The van der Waals surface area contributed by atoms with Crippen molar-refractivity contribution in [3.05, 3.63) is 17.5 Å². The van der Waals surface area contributed by atoms with Gasteiger partial charge in [-0.05, 0) is 25.8 Å². The van der Waals surface area contributed by atoms with E-state index in [1.54, 1.807) is 7.11 Å². The summed E-state index contributed by atoms with van der Waals surface area (Å²) in [4.78, 5) is 10.8. The summed E-state index contributed by atoms with van der Waals surface area (Å²) in [5, 5.41) is 9.38. The number of anilines is 1. The Hall–Kier alpha value is -1.20. The lowest BCUT2D eigenvalue weighted by Crippen LogP contribution is -2.34. The van der Waals surface area contributed by atoms with E-state index in [1.807, 2.05) is 24.9 Å². The van der Waals surface area contributed by atoms with Gasteiger partial charge in [0.05, 0.1) is 18.8 Å². The molecule has 1 aliphatic rings. The van der Waals surface area contributed by atoms with E-state index in [0.717, 1.165) is 24.2 Å². The van der Waals surface area contributed by atoms with Crippen LogP contribution in [0.2, 0.25) is 0 Å². The third-order valence-corrected chi connectivity index (χ3v) is 3.39. The number of ether oxygens (including phenoxy) is 1. The van der Waals surface area contributed by atoms with Crippen LogP contribution in [-0.2, 0) is 4.74 Å². The van der Waals surface area contributed by atoms with E-state index in [4.69, 9.17) is 4.74 Å². The highest BCUT2D eigenvalue weighted by molar-refractivity contribution is 5.36. The van der Waals surface area contributed by atoms with Gasteiger partial charge in [0, 0.05) is 25.5 Å². The van der Waals surface area contributed by atoms with Crippen LogP contribution in [0.15, 0.2) is 6.20 Å². The second kappa shape index (κ2) is 4.98. The molecule has 0 spiro atoms. The van der Waals surface area contributed by atoms with Crippen LogP contribution in [0.25, 0.3) is 0 Å². The molecule has 0 bridgehead atoms. The van der Waals surface area contributed by atoms with Gasteiger partial charge in [0.1, 0.15) is 0 Å². The SMILES string of the molecule is CO[C@H]1C[C@@H](CO)N(c2ncc(C)c(C)n2)C1. The molecule has 0 saturated carbocycles. The lowest BCUT2D eigenvalue weighted by Gasteiger charge is -2.22. The Bertz CT molecular complexity index is 397. The zero-order chi connectivity index (χ0) is 12.4. The van der Waals surface area contributed by atoms with Crippen LogP contribution in [0.1, 0.15) is 17.7 Å². The molecule has 5 nitrogen and oxygen atoms in total. The van der Waals surface area contributed by atoms with Crippen molar-refractivity contribution in [2.45, 2.75) is 32.4 Å². The standard InChI is InChI=1S/C12H19N3O2/c1-8-5-13-12(14-9(8)2)15-6-11(17-3)4-10(15)7-16/h5,10-11,16H,4,6-7H2,1-3H3/t10-,11-/m0/s1. The summed E-state index contributed by atoms with van der Waals surface area (Å²) in [5.74, 6) is 0.687. The largest absolute Gasteiger partial charge is 0.394 e. The predicted octanol–water partition coefficient (Wildman–Crippen LogP) is 0.679. The fourth-order valence-electron chi connectivity index (χ4n) is 2.12. The number of aromatic nitrogens is 2. The van der Waals surface area contributed by atoms with Gasteiger partial charge in [0.2, 0.25) is 5.95 Å². The van der Waals surface area contributed by atoms with Crippen LogP contribution >= 0.6 is 0 Å². The fourth-order valence-corrected chi connectivity index (χ4v) is 2.12. The molecule has 0 aliphatic carbocycles. The number of aryl methyl sites for hydroxylation is 2. The third kappa shape index (κ3) is 2.40. The minimum absolute atomic E-state index is 0.0575. The Morgan fingerprint density at radius 3 is 2.88 bits per heavy atom. The zero-order valence-electron chi connectivity index (χ0n) is 10.6. The predicted molar refractivity (Wildman–Crippen MR) is 65.1 cm³/mol. The first-order valence-electron chi connectivity index (χ1n) is 5.86. The molecule has 2 atom stereocenters. The summed E-state index contributed by atoms with van der Waals surface area (Å²) in [6.45, 7) is 4.81. The summed E-state index contributed by atoms with van der Waals surface area (Å²) < 4.78 is 5.34. The van der Waals surface area contributed by atoms with Crippen LogP contribution in [0.5, 0.6) is 0 Å². The molecule has 0 aromatic carbocycles. The minimum atomic E-state index is 0.0575. The van der Waals surface area contributed by atoms with Gasteiger partial charge in [-0.2, -0.15) is 0 Å². The molecular formula is C12H19N3O2. The van der Waals surface area contributed by atoms with Crippen molar-refractivity contribution in [1.29, 1.82) is 0 Å².